The van der Waals surface area contributed by atoms with Gasteiger partial charge in [-0.15, -0.1) is 0 Å². The third-order valence-electron chi connectivity index (χ3n) is 2.37. The van der Waals surface area contributed by atoms with Gasteiger partial charge in [0.15, 0.2) is 0 Å². The van der Waals surface area contributed by atoms with Crippen LogP contribution in [0.2, 0.25) is 0 Å². The molecule has 0 saturated carbocycles. The van der Waals surface area contributed by atoms with Gasteiger partial charge in [-0.2, -0.15) is 0 Å². The first kappa shape index (κ1) is 10.1. The summed E-state index contributed by atoms with van der Waals surface area (Å²) >= 11 is 0. The predicted octanol–water partition coefficient (Wildman–Crippen LogP) is 3.33. The van der Waals surface area contributed by atoms with Gasteiger partial charge in [0.2, 0.25) is 0 Å². The van der Waals surface area contributed by atoms with Gasteiger partial charge in [0.05, 0.1) is 0 Å². The minimum Gasteiger partial charge on any atom is -0.388 e. The molecule has 0 heterocycles. The van der Waals surface area contributed by atoms with Crippen molar-refractivity contribution in [3.8, 4) is 0 Å². The van der Waals surface area contributed by atoms with E-state index in [4.69, 9.17) is 0 Å². The second-order valence-electron chi connectivity index (χ2n) is 4.53. The van der Waals surface area contributed by atoms with Crippen LogP contribution >= 0.6 is 0 Å². The molecule has 0 aliphatic rings. The lowest BCUT2D eigenvalue weighted by molar-refractivity contribution is 0.590. The Morgan fingerprint density at radius 1 is 1.15 bits per heavy atom. The normalized spacial score (nSPS) is 11.5. The molecule has 0 fully saturated rings. The van der Waals surface area contributed by atoms with Gasteiger partial charge in [0, 0.05) is 12.7 Å². The van der Waals surface area contributed by atoms with Crippen LogP contribution in [0.25, 0.3) is 0 Å². The first-order chi connectivity index (χ1) is 5.95. The Hall–Kier alpha value is -0.980. The largest absolute Gasteiger partial charge is 0.388 e. The van der Waals surface area contributed by atoms with Gasteiger partial charge in [-0.3, -0.25) is 0 Å². The van der Waals surface area contributed by atoms with Crippen molar-refractivity contribution in [2.24, 2.45) is 0 Å². The average Bonchev–Trinajstić information content (AvgIpc) is 2.03. The van der Waals surface area contributed by atoms with E-state index in [0.29, 0.717) is 0 Å². The topological polar surface area (TPSA) is 12.0 Å². The molecule has 1 rings (SSSR count). The van der Waals surface area contributed by atoms with Crippen LogP contribution in [-0.4, -0.2) is 7.05 Å². The third kappa shape index (κ3) is 2.24. The molecule has 1 heteroatoms. The molecule has 0 unspecified atom stereocenters. The quantitative estimate of drug-likeness (QED) is 0.693. The molecule has 1 N–H and O–H groups in total. The highest BCUT2D eigenvalue weighted by atomic mass is 14.8. The first-order valence-corrected chi connectivity index (χ1v) is 4.74. The molecule has 0 spiro atoms. The number of rotatable bonds is 1. The Morgan fingerprint density at radius 2 is 1.77 bits per heavy atom. The van der Waals surface area contributed by atoms with Crippen molar-refractivity contribution in [2.75, 3.05) is 12.4 Å². The number of nitrogens with one attached hydrogen (secondary N) is 1. The summed E-state index contributed by atoms with van der Waals surface area (Å²) in [5.74, 6) is 0. The van der Waals surface area contributed by atoms with Gasteiger partial charge in [0.25, 0.3) is 0 Å². The van der Waals surface area contributed by atoms with Crippen LogP contribution < -0.4 is 5.32 Å². The molecule has 1 aromatic rings. The van der Waals surface area contributed by atoms with Crippen molar-refractivity contribution in [1.82, 2.24) is 0 Å². The van der Waals surface area contributed by atoms with Crippen molar-refractivity contribution in [1.29, 1.82) is 0 Å². The Morgan fingerprint density at radius 3 is 2.23 bits per heavy atom. The summed E-state index contributed by atoms with van der Waals surface area (Å²) in [6.07, 6.45) is 0. The van der Waals surface area contributed by atoms with Gasteiger partial charge in [-0.05, 0) is 29.5 Å². The molecule has 0 saturated heterocycles. The average molecular weight is 177 g/mol. The number of hydrogen-bond donors (Lipinski definition) is 1. The van der Waals surface area contributed by atoms with Gasteiger partial charge in [0.1, 0.15) is 0 Å². The van der Waals surface area contributed by atoms with Crippen LogP contribution in [0.5, 0.6) is 0 Å². The predicted molar refractivity (Wildman–Crippen MR) is 59.4 cm³/mol. The maximum atomic E-state index is 3.21. The highest BCUT2D eigenvalue weighted by Gasteiger charge is 2.13. The molecule has 0 aliphatic carbocycles. The lowest BCUT2D eigenvalue weighted by atomic mass is 9.86. The molecule has 0 aromatic heterocycles. The fraction of sp³-hybridized carbons (Fsp3) is 0.500. The summed E-state index contributed by atoms with van der Waals surface area (Å²) in [7, 11) is 1.97. The Bertz CT molecular complexity index is 294. The lowest BCUT2D eigenvalue weighted by Gasteiger charge is -2.20. The van der Waals surface area contributed by atoms with E-state index in [1.807, 2.05) is 7.05 Å². The molecule has 0 amide bonds. The number of benzene rings is 1. The van der Waals surface area contributed by atoms with E-state index in [0.717, 1.165) is 0 Å². The molecule has 13 heavy (non-hydrogen) atoms. The van der Waals surface area contributed by atoms with Crippen molar-refractivity contribution >= 4 is 5.69 Å². The summed E-state index contributed by atoms with van der Waals surface area (Å²) in [5.41, 5.74) is 4.14. The standard InChI is InChI=1S/C12H19N/c1-9-6-7-10(12(2,3)4)8-11(9)13-5/h6-8,13H,1-5H3. The summed E-state index contributed by atoms with van der Waals surface area (Å²) in [5, 5.41) is 3.21. The molecular formula is C12H19N. The number of anilines is 1. The fourth-order valence-electron chi connectivity index (χ4n) is 1.36. The lowest BCUT2D eigenvalue weighted by Crippen LogP contribution is -2.11. The zero-order valence-corrected chi connectivity index (χ0v) is 9.23. The minimum absolute atomic E-state index is 0.235. The molecule has 1 aromatic carbocycles. The Balaban J connectivity index is 3.14. The molecule has 72 valence electrons. The van der Waals surface area contributed by atoms with Crippen LogP contribution in [0.4, 0.5) is 5.69 Å². The monoisotopic (exact) mass is 177 g/mol. The molecule has 0 aliphatic heterocycles. The van der Waals surface area contributed by atoms with Gasteiger partial charge in [-0.1, -0.05) is 32.9 Å². The van der Waals surface area contributed by atoms with E-state index in [2.05, 4.69) is 51.2 Å². The van der Waals surface area contributed by atoms with Gasteiger partial charge in [-0.25, -0.2) is 0 Å². The van der Waals surface area contributed by atoms with Gasteiger partial charge < -0.3 is 5.32 Å². The van der Waals surface area contributed by atoms with E-state index in [1.165, 1.54) is 16.8 Å². The van der Waals surface area contributed by atoms with Crippen LogP contribution in [0.15, 0.2) is 18.2 Å². The summed E-state index contributed by atoms with van der Waals surface area (Å²) in [4.78, 5) is 0. The van der Waals surface area contributed by atoms with Crippen molar-refractivity contribution < 1.29 is 0 Å². The molecule has 0 bridgehead atoms. The van der Waals surface area contributed by atoms with Crippen molar-refractivity contribution in [3.63, 3.8) is 0 Å². The highest BCUT2D eigenvalue weighted by molar-refractivity contribution is 5.53. The maximum Gasteiger partial charge on any atom is 0.0370 e. The van der Waals surface area contributed by atoms with Crippen molar-refractivity contribution in [3.05, 3.63) is 29.3 Å². The smallest absolute Gasteiger partial charge is 0.0370 e. The zero-order chi connectivity index (χ0) is 10.1. The number of aryl methyl sites for hydroxylation is 1. The third-order valence-corrected chi connectivity index (χ3v) is 2.37. The van der Waals surface area contributed by atoms with Crippen LogP contribution in [-0.2, 0) is 5.41 Å². The van der Waals surface area contributed by atoms with E-state index in [1.54, 1.807) is 0 Å². The fourth-order valence-corrected chi connectivity index (χ4v) is 1.36. The maximum absolute atomic E-state index is 3.21. The second-order valence-corrected chi connectivity index (χ2v) is 4.53. The molecule has 0 atom stereocenters. The van der Waals surface area contributed by atoms with Crippen LogP contribution in [0.1, 0.15) is 31.9 Å². The Labute approximate surface area is 81.2 Å². The SMILES string of the molecule is CNc1cc(C(C)(C)C)ccc1C. The first-order valence-electron chi connectivity index (χ1n) is 4.74. The van der Waals surface area contributed by atoms with E-state index in [9.17, 15) is 0 Å². The van der Waals surface area contributed by atoms with Gasteiger partial charge >= 0.3 is 0 Å². The van der Waals surface area contributed by atoms with Crippen LogP contribution in [0.3, 0.4) is 0 Å². The minimum atomic E-state index is 0.235. The van der Waals surface area contributed by atoms with E-state index in [-0.39, 0.29) is 5.41 Å². The molecule has 1 nitrogen and oxygen atoms in total. The molecular weight excluding hydrogens is 158 g/mol. The summed E-state index contributed by atoms with van der Waals surface area (Å²) in [6, 6.07) is 6.61. The summed E-state index contributed by atoms with van der Waals surface area (Å²) < 4.78 is 0. The summed E-state index contributed by atoms with van der Waals surface area (Å²) in [6.45, 7) is 8.82. The van der Waals surface area contributed by atoms with E-state index >= 15 is 0 Å². The van der Waals surface area contributed by atoms with E-state index < -0.39 is 0 Å². The number of hydrogen-bond acceptors (Lipinski definition) is 1. The highest BCUT2D eigenvalue weighted by Crippen LogP contribution is 2.26. The van der Waals surface area contributed by atoms with Crippen LogP contribution in [0, 0.1) is 6.92 Å². The zero-order valence-electron chi connectivity index (χ0n) is 9.23. The molecule has 0 radical (unpaired) electrons. The Kier molecular flexibility index (Phi) is 2.65. The van der Waals surface area contributed by atoms with Crippen molar-refractivity contribution in [2.45, 2.75) is 33.1 Å². The second kappa shape index (κ2) is 3.41.